The van der Waals surface area contributed by atoms with Crippen molar-refractivity contribution in [2.75, 3.05) is 31.1 Å². The number of carboxylic acid groups (broad SMARTS) is 1. The third kappa shape index (κ3) is 4.21. The molecular formula is C19H23N5O3. The summed E-state index contributed by atoms with van der Waals surface area (Å²) in [4.78, 5) is 40.4. The van der Waals surface area contributed by atoms with Gasteiger partial charge in [-0.3, -0.25) is 4.79 Å². The zero-order valence-electron chi connectivity index (χ0n) is 15.7. The Morgan fingerprint density at radius 1 is 1.11 bits per heavy atom. The highest BCUT2D eigenvalue weighted by Crippen LogP contribution is 2.19. The highest BCUT2D eigenvalue weighted by molar-refractivity contribution is 5.95. The van der Waals surface area contributed by atoms with Crippen LogP contribution in [0.3, 0.4) is 0 Å². The molecule has 0 radical (unpaired) electrons. The van der Waals surface area contributed by atoms with Gasteiger partial charge in [-0.25, -0.2) is 19.7 Å². The molecule has 0 atom stereocenters. The first-order valence-corrected chi connectivity index (χ1v) is 8.94. The lowest BCUT2D eigenvalue weighted by Crippen LogP contribution is -2.49. The van der Waals surface area contributed by atoms with Crippen molar-refractivity contribution in [1.82, 2.24) is 19.9 Å². The number of hydrogen-bond acceptors (Lipinski definition) is 6. The van der Waals surface area contributed by atoms with Crippen molar-refractivity contribution in [2.45, 2.75) is 26.7 Å². The molecule has 3 heterocycles. The summed E-state index contributed by atoms with van der Waals surface area (Å²) in [5, 5.41) is 8.90. The van der Waals surface area contributed by atoms with Crippen LogP contribution in [0.25, 0.3) is 0 Å². The average Bonchev–Trinajstić information content (AvgIpc) is 2.67. The second kappa shape index (κ2) is 7.69. The Labute approximate surface area is 157 Å². The van der Waals surface area contributed by atoms with Crippen LogP contribution in [-0.4, -0.2) is 63.0 Å². The van der Waals surface area contributed by atoms with Crippen molar-refractivity contribution in [3.8, 4) is 0 Å². The van der Waals surface area contributed by atoms with Crippen molar-refractivity contribution in [3.63, 3.8) is 0 Å². The number of amides is 1. The zero-order valence-corrected chi connectivity index (χ0v) is 15.7. The standard InChI is InChI=1S/C19H23N5O3/c1-12(2)17-21-13(3)10-16(22-17)23-6-8-24(9-7-23)18(25)14-4-5-15(19(26)27)20-11-14/h4-5,10-12H,6-9H2,1-3H3,(H,26,27). The molecule has 8 nitrogen and oxygen atoms in total. The summed E-state index contributed by atoms with van der Waals surface area (Å²) in [7, 11) is 0. The minimum atomic E-state index is -1.11. The molecule has 142 valence electrons. The number of anilines is 1. The summed E-state index contributed by atoms with van der Waals surface area (Å²) < 4.78 is 0. The van der Waals surface area contributed by atoms with Crippen LogP contribution in [0, 0.1) is 6.92 Å². The van der Waals surface area contributed by atoms with Crippen molar-refractivity contribution in [1.29, 1.82) is 0 Å². The molecule has 1 saturated heterocycles. The monoisotopic (exact) mass is 369 g/mol. The molecular weight excluding hydrogens is 346 g/mol. The van der Waals surface area contributed by atoms with Gasteiger partial charge >= 0.3 is 5.97 Å². The minimum absolute atomic E-state index is 0.0727. The Bertz CT molecular complexity index is 843. The van der Waals surface area contributed by atoms with Gasteiger partial charge < -0.3 is 14.9 Å². The smallest absolute Gasteiger partial charge is 0.354 e. The van der Waals surface area contributed by atoms with E-state index in [0.29, 0.717) is 31.7 Å². The molecule has 1 aliphatic rings. The Morgan fingerprint density at radius 2 is 1.81 bits per heavy atom. The normalized spacial score (nSPS) is 14.5. The van der Waals surface area contributed by atoms with Crippen molar-refractivity contribution < 1.29 is 14.7 Å². The van der Waals surface area contributed by atoms with E-state index in [1.807, 2.05) is 13.0 Å². The van der Waals surface area contributed by atoms with E-state index >= 15 is 0 Å². The van der Waals surface area contributed by atoms with Crippen LogP contribution < -0.4 is 4.90 Å². The predicted molar refractivity (Wildman–Crippen MR) is 100 cm³/mol. The number of aromatic nitrogens is 3. The molecule has 1 amide bonds. The molecule has 1 N–H and O–H groups in total. The zero-order chi connectivity index (χ0) is 19.6. The highest BCUT2D eigenvalue weighted by atomic mass is 16.4. The topological polar surface area (TPSA) is 99.5 Å². The fourth-order valence-electron chi connectivity index (χ4n) is 2.96. The molecule has 0 bridgehead atoms. The van der Waals surface area contributed by atoms with Crippen molar-refractivity contribution >= 4 is 17.7 Å². The lowest BCUT2D eigenvalue weighted by molar-refractivity contribution is 0.0686. The van der Waals surface area contributed by atoms with Crippen molar-refractivity contribution in [3.05, 3.63) is 47.2 Å². The number of carbonyl (C=O) groups excluding carboxylic acids is 1. The van der Waals surface area contributed by atoms with E-state index in [2.05, 4.69) is 33.7 Å². The van der Waals surface area contributed by atoms with Gasteiger partial charge in [0.25, 0.3) is 5.91 Å². The van der Waals surface area contributed by atoms with E-state index in [9.17, 15) is 9.59 Å². The fraction of sp³-hybridized carbons (Fsp3) is 0.421. The molecule has 0 unspecified atom stereocenters. The predicted octanol–water partition coefficient (Wildman–Crippen LogP) is 1.96. The number of carbonyl (C=O) groups is 2. The lowest BCUT2D eigenvalue weighted by Gasteiger charge is -2.35. The van der Waals surface area contributed by atoms with Crippen LogP contribution in [-0.2, 0) is 0 Å². The maximum atomic E-state index is 12.6. The maximum absolute atomic E-state index is 12.6. The Hall–Kier alpha value is -3.03. The van der Waals surface area contributed by atoms with Gasteiger partial charge in [-0.15, -0.1) is 0 Å². The van der Waals surface area contributed by atoms with Crippen LogP contribution in [0.15, 0.2) is 24.4 Å². The van der Waals surface area contributed by atoms with Crippen LogP contribution >= 0.6 is 0 Å². The molecule has 0 aliphatic carbocycles. The molecule has 8 heteroatoms. The second-order valence-electron chi connectivity index (χ2n) is 6.90. The summed E-state index contributed by atoms with van der Waals surface area (Å²) in [5.41, 5.74) is 1.26. The van der Waals surface area contributed by atoms with Gasteiger partial charge in [-0.2, -0.15) is 0 Å². The van der Waals surface area contributed by atoms with Gasteiger partial charge in [0.2, 0.25) is 0 Å². The number of rotatable bonds is 4. The largest absolute Gasteiger partial charge is 0.477 e. The Balaban J connectivity index is 1.66. The molecule has 3 rings (SSSR count). The van der Waals surface area contributed by atoms with Gasteiger partial charge in [0.05, 0.1) is 5.56 Å². The number of pyridine rings is 1. The second-order valence-corrected chi connectivity index (χ2v) is 6.90. The summed E-state index contributed by atoms with van der Waals surface area (Å²) in [6.45, 7) is 8.60. The summed E-state index contributed by atoms with van der Waals surface area (Å²) >= 11 is 0. The fourth-order valence-corrected chi connectivity index (χ4v) is 2.96. The van der Waals surface area contributed by atoms with E-state index in [-0.39, 0.29) is 17.5 Å². The Morgan fingerprint density at radius 3 is 2.37 bits per heavy atom. The van der Waals surface area contributed by atoms with Gasteiger partial charge in [-0.05, 0) is 19.1 Å². The molecule has 2 aromatic rings. The highest BCUT2D eigenvalue weighted by Gasteiger charge is 2.24. The number of nitrogens with zero attached hydrogens (tertiary/aromatic N) is 5. The van der Waals surface area contributed by atoms with Crippen molar-refractivity contribution in [2.24, 2.45) is 0 Å². The number of carboxylic acids is 1. The number of aryl methyl sites for hydroxylation is 1. The van der Waals surface area contributed by atoms with E-state index in [0.717, 1.165) is 17.3 Å². The quantitative estimate of drug-likeness (QED) is 0.879. The molecule has 1 fully saturated rings. The average molecular weight is 369 g/mol. The molecule has 0 aromatic carbocycles. The van der Waals surface area contributed by atoms with Crippen LogP contribution in [0.1, 0.15) is 52.1 Å². The van der Waals surface area contributed by atoms with E-state index in [1.54, 1.807) is 4.90 Å². The molecule has 2 aromatic heterocycles. The number of piperazine rings is 1. The molecule has 0 spiro atoms. The first kappa shape index (κ1) is 18.8. The van der Waals surface area contributed by atoms with E-state index in [1.165, 1.54) is 18.3 Å². The first-order valence-electron chi connectivity index (χ1n) is 8.94. The molecule has 1 aliphatic heterocycles. The SMILES string of the molecule is Cc1cc(N2CCN(C(=O)c3ccc(C(=O)O)nc3)CC2)nc(C(C)C)n1. The lowest BCUT2D eigenvalue weighted by atomic mass is 10.2. The summed E-state index contributed by atoms with van der Waals surface area (Å²) in [6, 6.07) is 4.83. The number of hydrogen-bond donors (Lipinski definition) is 1. The van der Waals surface area contributed by atoms with Crippen LogP contribution in [0.5, 0.6) is 0 Å². The first-order chi connectivity index (χ1) is 12.8. The third-order valence-electron chi connectivity index (χ3n) is 4.49. The minimum Gasteiger partial charge on any atom is -0.477 e. The van der Waals surface area contributed by atoms with Gasteiger partial charge in [0, 0.05) is 50.1 Å². The van der Waals surface area contributed by atoms with E-state index < -0.39 is 5.97 Å². The van der Waals surface area contributed by atoms with Gasteiger partial charge in [-0.1, -0.05) is 13.8 Å². The summed E-state index contributed by atoms with van der Waals surface area (Å²) in [5.74, 6) is 0.732. The maximum Gasteiger partial charge on any atom is 0.354 e. The summed E-state index contributed by atoms with van der Waals surface area (Å²) in [6.07, 6.45) is 1.32. The molecule has 0 saturated carbocycles. The van der Waals surface area contributed by atoms with Crippen LogP contribution in [0.4, 0.5) is 5.82 Å². The van der Waals surface area contributed by atoms with Crippen LogP contribution in [0.2, 0.25) is 0 Å². The number of aromatic carboxylic acids is 1. The van der Waals surface area contributed by atoms with Gasteiger partial charge in [0.1, 0.15) is 17.3 Å². The van der Waals surface area contributed by atoms with E-state index in [4.69, 9.17) is 5.11 Å². The molecule has 27 heavy (non-hydrogen) atoms. The third-order valence-corrected chi connectivity index (χ3v) is 4.49. The van der Waals surface area contributed by atoms with Gasteiger partial charge in [0.15, 0.2) is 0 Å². The Kier molecular flexibility index (Phi) is 5.34.